The number of hydrogen-bond acceptors (Lipinski definition) is 3. The highest BCUT2D eigenvalue weighted by atomic mass is 35.5. The molecule has 150 valence electrons. The molecular formula is C23H15Cl2FN2O2. The van der Waals surface area contributed by atoms with E-state index in [9.17, 15) is 14.4 Å². The molecule has 30 heavy (non-hydrogen) atoms. The van der Waals surface area contributed by atoms with Crippen molar-refractivity contribution in [2.75, 3.05) is 5.32 Å². The highest BCUT2D eigenvalue weighted by Gasteiger charge is 2.11. The molecular weight excluding hydrogens is 426 g/mol. The summed E-state index contributed by atoms with van der Waals surface area (Å²) < 4.78 is 18.7. The lowest BCUT2D eigenvalue weighted by molar-refractivity contribution is -0.112. The maximum absolute atomic E-state index is 13.0. The van der Waals surface area contributed by atoms with Crippen LogP contribution in [0.1, 0.15) is 11.1 Å². The standard InChI is InChI=1S/C23H15Cl2FN2O2/c24-20-4-2-1-3-16(20)14-30-22-10-5-15(12-21(22)25)11-17(13-27)23(29)28-19-8-6-18(26)7-9-19/h1-12H,14H2,(H,28,29)/b17-11+. The van der Waals surface area contributed by atoms with Crippen LogP contribution in [-0.2, 0) is 11.4 Å². The van der Waals surface area contributed by atoms with Gasteiger partial charge in [0.25, 0.3) is 5.91 Å². The zero-order valence-corrected chi connectivity index (χ0v) is 17.0. The molecule has 0 aromatic heterocycles. The molecule has 0 aliphatic heterocycles. The van der Waals surface area contributed by atoms with Crippen molar-refractivity contribution >= 4 is 40.9 Å². The van der Waals surface area contributed by atoms with E-state index in [-0.39, 0.29) is 12.2 Å². The van der Waals surface area contributed by atoms with Crippen LogP contribution in [0.4, 0.5) is 10.1 Å². The van der Waals surface area contributed by atoms with E-state index in [1.54, 1.807) is 24.3 Å². The minimum absolute atomic E-state index is 0.125. The molecule has 1 N–H and O–H groups in total. The molecule has 0 saturated carbocycles. The Labute approximate surface area is 183 Å². The summed E-state index contributed by atoms with van der Waals surface area (Å²) in [6.45, 7) is 0.248. The van der Waals surface area contributed by atoms with Crippen molar-refractivity contribution < 1.29 is 13.9 Å². The highest BCUT2D eigenvalue weighted by molar-refractivity contribution is 6.32. The van der Waals surface area contributed by atoms with Crippen LogP contribution < -0.4 is 10.1 Å². The van der Waals surface area contributed by atoms with Crippen LogP contribution in [0, 0.1) is 17.1 Å². The van der Waals surface area contributed by atoms with Gasteiger partial charge in [-0.15, -0.1) is 0 Å². The van der Waals surface area contributed by atoms with Gasteiger partial charge in [0.1, 0.15) is 29.8 Å². The number of carbonyl (C=O) groups is 1. The fourth-order valence-electron chi connectivity index (χ4n) is 2.54. The Morgan fingerprint density at radius 2 is 1.80 bits per heavy atom. The number of carbonyl (C=O) groups excluding carboxylic acids is 1. The van der Waals surface area contributed by atoms with Crippen LogP contribution in [0.3, 0.4) is 0 Å². The number of benzene rings is 3. The number of nitriles is 1. The van der Waals surface area contributed by atoms with E-state index in [1.807, 2.05) is 24.3 Å². The van der Waals surface area contributed by atoms with E-state index < -0.39 is 11.7 Å². The summed E-state index contributed by atoms with van der Waals surface area (Å²) in [4.78, 5) is 12.3. The number of hydrogen-bond donors (Lipinski definition) is 1. The number of nitrogens with zero attached hydrogens (tertiary/aromatic N) is 1. The van der Waals surface area contributed by atoms with Gasteiger partial charge in [-0.05, 0) is 54.1 Å². The molecule has 3 aromatic carbocycles. The fraction of sp³-hybridized carbons (Fsp3) is 0.0435. The second-order valence-electron chi connectivity index (χ2n) is 6.20. The minimum atomic E-state index is -0.612. The van der Waals surface area contributed by atoms with Gasteiger partial charge in [0.2, 0.25) is 0 Å². The molecule has 0 aliphatic rings. The summed E-state index contributed by atoms with van der Waals surface area (Å²) in [7, 11) is 0. The summed E-state index contributed by atoms with van der Waals surface area (Å²) in [6, 6.07) is 19.3. The van der Waals surface area contributed by atoms with Crippen molar-refractivity contribution in [1.29, 1.82) is 5.26 Å². The van der Waals surface area contributed by atoms with Gasteiger partial charge in [-0.3, -0.25) is 4.79 Å². The van der Waals surface area contributed by atoms with Crippen LogP contribution in [0.2, 0.25) is 10.0 Å². The Balaban J connectivity index is 1.71. The first-order valence-electron chi connectivity index (χ1n) is 8.81. The van der Waals surface area contributed by atoms with Crippen LogP contribution in [0.5, 0.6) is 5.75 Å². The molecule has 0 saturated heterocycles. The summed E-state index contributed by atoms with van der Waals surface area (Å²) >= 11 is 12.4. The molecule has 0 fully saturated rings. The van der Waals surface area contributed by atoms with Crippen LogP contribution in [-0.4, -0.2) is 5.91 Å². The molecule has 0 aliphatic carbocycles. The van der Waals surface area contributed by atoms with E-state index in [0.717, 1.165) is 5.56 Å². The summed E-state index contributed by atoms with van der Waals surface area (Å²) in [5.41, 5.74) is 1.63. The Hall–Kier alpha value is -3.33. The zero-order valence-electron chi connectivity index (χ0n) is 15.5. The second kappa shape index (κ2) is 9.93. The Kier molecular flexibility index (Phi) is 7.08. The molecule has 0 spiro atoms. The SMILES string of the molecule is N#C/C(=C\c1ccc(OCc2ccccc2Cl)c(Cl)c1)C(=O)Nc1ccc(F)cc1. The van der Waals surface area contributed by atoms with Crippen molar-refractivity contribution in [2.24, 2.45) is 0 Å². The predicted molar refractivity (Wildman–Crippen MR) is 116 cm³/mol. The molecule has 0 radical (unpaired) electrons. The molecule has 3 rings (SSSR count). The van der Waals surface area contributed by atoms with Crippen LogP contribution >= 0.6 is 23.2 Å². The lowest BCUT2D eigenvalue weighted by Gasteiger charge is -2.10. The van der Waals surface area contributed by atoms with Gasteiger partial charge in [0.15, 0.2) is 0 Å². The smallest absolute Gasteiger partial charge is 0.266 e. The maximum Gasteiger partial charge on any atom is 0.266 e. The first-order chi connectivity index (χ1) is 14.5. The Bertz CT molecular complexity index is 1140. The number of amides is 1. The van der Waals surface area contributed by atoms with Crippen molar-refractivity contribution in [3.05, 3.63) is 99.3 Å². The average Bonchev–Trinajstić information content (AvgIpc) is 2.74. The topological polar surface area (TPSA) is 62.1 Å². The van der Waals surface area contributed by atoms with Gasteiger partial charge < -0.3 is 10.1 Å². The largest absolute Gasteiger partial charge is 0.487 e. The Morgan fingerprint density at radius 3 is 2.47 bits per heavy atom. The van der Waals surface area contributed by atoms with Crippen molar-refractivity contribution in [3.8, 4) is 11.8 Å². The number of rotatable bonds is 6. The lowest BCUT2D eigenvalue weighted by atomic mass is 10.1. The Morgan fingerprint density at radius 1 is 1.07 bits per heavy atom. The van der Waals surface area contributed by atoms with E-state index in [0.29, 0.717) is 27.0 Å². The van der Waals surface area contributed by atoms with Crippen molar-refractivity contribution in [3.63, 3.8) is 0 Å². The van der Waals surface area contributed by atoms with Gasteiger partial charge in [-0.1, -0.05) is 47.5 Å². The summed E-state index contributed by atoms with van der Waals surface area (Å²) in [6.07, 6.45) is 1.41. The quantitative estimate of drug-likeness (QED) is 0.363. The lowest BCUT2D eigenvalue weighted by Crippen LogP contribution is -2.13. The maximum atomic E-state index is 13.0. The molecule has 7 heteroatoms. The third-order valence-corrected chi connectivity index (χ3v) is 4.74. The molecule has 3 aromatic rings. The van der Waals surface area contributed by atoms with E-state index in [1.165, 1.54) is 30.3 Å². The highest BCUT2D eigenvalue weighted by Crippen LogP contribution is 2.28. The number of ether oxygens (including phenoxy) is 1. The number of anilines is 1. The molecule has 0 atom stereocenters. The molecule has 0 unspecified atom stereocenters. The average molecular weight is 441 g/mol. The van der Waals surface area contributed by atoms with Crippen molar-refractivity contribution in [2.45, 2.75) is 6.61 Å². The van der Waals surface area contributed by atoms with Crippen LogP contribution in [0.25, 0.3) is 6.08 Å². The second-order valence-corrected chi connectivity index (χ2v) is 7.02. The third kappa shape index (κ3) is 5.60. The third-order valence-electron chi connectivity index (χ3n) is 4.08. The van der Waals surface area contributed by atoms with E-state index in [2.05, 4.69) is 5.32 Å². The molecule has 4 nitrogen and oxygen atoms in total. The normalized spacial score (nSPS) is 10.9. The monoisotopic (exact) mass is 440 g/mol. The first kappa shape index (κ1) is 21.4. The summed E-state index contributed by atoms with van der Waals surface area (Å²) in [5, 5.41) is 12.8. The molecule has 1 amide bonds. The van der Waals surface area contributed by atoms with Gasteiger partial charge >= 0.3 is 0 Å². The zero-order chi connectivity index (χ0) is 21.5. The number of halogens is 3. The van der Waals surface area contributed by atoms with Gasteiger partial charge in [-0.25, -0.2) is 4.39 Å². The fourth-order valence-corrected chi connectivity index (χ4v) is 2.98. The summed E-state index contributed by atoms with van der Waals surface area (Å²) in [5.74, 6) is -0.585. The predicted octanol–water partition coefficient (Wildman–Crippen LogP) is 6.26. The van der Waals surface area contributed by atoms with Gasteiger partial charge in [0, 0.05) is 16.3 Å². The number of nitrogens with one attached hydrogen (secondary N) is 1. The van der Waals surface area contributed by atoms with Crippen molar-refractivity contribution in [1.82, 2.24) is 0 Å². The molecule has 0 heterocycles. The minimum Gasteiger partial charge on any atom is -0.487 e. The van der Waals surface area contributed by atoms with Crippen LogP contribution in [0.15, 0.2) is 72.3 Å². The first-order valence-corrected chi connectivity index (χ1v) is 9.56. The van der Waals surface area contributed by atoms with Gasteiger partial charge in [-0.2, -0.15) is 5.26 Å². The molecule has 0 bridgehead atoms. The van der Waals surface area contributed by atoms with E-state index in [4.69, 9.17) is 27.9 Å². The van der Waals surface area contributed by atoms with E-state index >= 15 is 0 Å². The van der Waals surface area contributed by atoms with Gasteiger partial charge in [0.05, 0.1) is 5.02 Å².